The lowest BCUT2D eigenvalue weighted by Gasteiger charge is -2.23. The molecule has 1 aromatic carbocycles. The predicted octanol–water partition coefficient (Wildman–Crippen LogP) is 1.76. The Morgan fingerprint density at radius 1 is 1.41 bits per heavy atom. The molecular formula is C12H18F2N2O. The van der Waals surface area contributed by atoms with E-state index in [1.807, 2.05) is 13.8 Å². The number of hydrogen-bond acceptors (Lipinski definition) is 3. The molecule has 0 bridgehead atoms. The minimum absolute atomic E-state index is 0.144. The van der Waals surface area contributed by atoms with E-state index in [1.54, 1.807) is 0 Å². The van der Waals surface area contributed by atoms with Crippen LogP contribution in [0.4, 0.5) is 8.78 Å². The van der Waals surface area contributed by atoms with Crippen LogP contribution >= 0.6 is 0 Å². The Balaban J connectivity index is 2.73. The second kappa shape index (κ2) is 6.64. The molecule has 96 valence electrons. The van der Waals surface area contributed by atoms with Gasteiger partial charge in [-0.2, -0.15) is 0 Å². The van der Waals surface area contributed by atoms with Crippen molar-refractivity contribution in [1.29, 1.82) is 0 Å². The van der Waals surface area contributed by atoms with Gasteiger partial charge in [0.2, 0.25) is 0 Å². The van der Waals surface area contributed by atoms with E-state index in [-0.39, 0.29) is 12.1 Å². The van der Waals surface area contributed by atoms with Gasteiger partial charge in [0, 0.05) is 12.7 Å². The van der Waals surface area contributed by atoms with Crippen LogP contribution in [0.15, 0.2) is 18.2 Å². The summed E-state index contributed by atoms with van der Waals surface area (Å²) in [4.78, 5) is 0. The largest absolute Gasteiger partial charge is 0.377 e. The van der Waals surface area contributed by atoms with Crippen molar-refractivity contribution >= 4 is 0 Å². The molecule has 0 spiro atoms. The Morgan fingerprint density at radius 2 is 2.12 bits per heavy atom. The van der Waals surface area contributed by atoms with E-state index in [9.17, 15) is 8.78 Å². The van der Waals surface area contributed by atoms with Gasteiger partial charge in [-0.1, -0.05) is 6.07 Å². The highest BCUT2D eigenvalue weighted by Crippen LogP contribution is 2.13. The minimum atomic E-state index is -0.582. The van der Waals surface area contributed by atoms with Crippen molar-refractivity contribution in [2.45, 2.75) is 32.4 Å². The maximum absolute atomic E-state index is 13.4. The highest BCUT2D eigenvalue weighted by atomic mass is 19.1. The van der Waals surface area contributed by atoms with Crippen LogP contribution < -0.4 is 11.3 Å². The molecule has 2 unspecified atom stereocenters. The molecule has 0 aliphatic carbocycles. The Kier molecular flexibility index (Phi) is 5.47. The van der Waals surface area contributed by atoms with Gasteiger partial charge in [-0.05, 0) is 31.9 Å². The second-order valence-electron chi connectivity index (χ2n) is 3.87. The zero-order valence-corrected chi connectivity index (χ0v) is 10.0. The van der Waals surface area contributed by atoms with Gasteiger partial charge < -0.3 is 4.74 Å². The van der Waals surface area contributed by atoms with E-state index < -0.39 is 11.6 Å². The molecule has 3 nitrogen and oxygen atoms in total. The molecule has 0 heterocycles. The van der Waals surface area contributed by atoms with Crippen LogP contribution in [0.1, 0.15) is 19.4 Å². The second-order valence-corrected chi connectivity index (χ2v) is 3.87. The van der Waals surface area contributed by atoms with Gasteiger partial charge in [0.15, 0.2) is 0 Å². The first-order valence-corrected chi connectivity index (χ1v) is 5.60. The SMILES string of the molecule is CCOC(C)C(Cc1ccc(F)cc1F)NN. The van der Waals surface area contributed by atoms with Crippen molar-refractivity contribution in [3.8, 4) is 0 Å². The molecule has 0 saturated heterocycles. The molecule has 0 amide bonds. The van der Waals surface area contributed by atoms with Crippen molar-refractivity contribution in [2.75, 3.05) is 6.61 Å². The van der Waals surface area contributed by atoms with Crippen molar-refractivity contribution in [1.82, 2.24) is 5.43 Å². The lowest BCUT2D eigenvalue weighted by molar-refractivity contribution is 0.0474. The fraction of sp³-hybridized carbons (Fsp3) is 0.500. The summed E-state index contributed by atoms with van der Waals surface area (Å²) < 4.78 is 31.6. The monoisotopic (exact) mass is 244 g/mol. The van der Waals surface area contributed by atoms with E-state index in [0.717, 1.165) is 6.07 Å². The molecule has 0 aliphatic rings. The van der Waals surface area contributed by atoms with Crippen LogP contribution in [-0.4, -0.2) is 18.8 Å². The van der Waals surface area contributed by atoms with Crippen LogP contribution in [0.5, 0.6) is 0 Å². The number of ether oxygens (including phenoxy) is 1. The third-order valence-corrected chi connectivity index (χ3v) is 2.67. The predicted molar refractivity (Wildman–Crippen MR) is 62.3 cm³/mol. The normalized spacial score (nSPS) is 14.6. The molecule has 3 N–H and O–H groups in total. The molecule has 0 saturated carbocycles. The molecule has 1 aromatic rings. The summed E-state index contributed by atoms with van der Waals surface area (Å²) >= 11 is 0. The fourth-order valence-electron chi connectivity index (χ4n) is 1.66. The van der Waals surface area contributed by atoms with E-state index in [1.165, 1.54) is 12.1 Å². The van der Waals surface area contributed by atoms with Gasteiger partial charge in [0.05, 0.1) is 12.1 Å². The Labute approximate surface area is 99.9 Å². The molecule has 0 aliphatic heterocycles. The van der Waals surface area contributed by atoms with Crippen LogP contribution in [0, 0.1) is 11.6 Å². The summed E-state index contributed by atoms with van der Waals surface area (Å²) in [7, 11) is 0. The van der Waals surface area contributed by atoms with Crippen LogP contribution in [0.2, 0.25) is 0 Å². The van der Waals surface area contributed by atoms with E-state index in [2.05, 4.69) is 5.43 Å². The van der Waals surface area contributed by atoms with Gasteiger partial charge >= 0.3 is 0 Å². The lowest BCUT2D eigenvalue weighted by Crippen LogP contribution is -2.45. The molecular weight excluding hydrogens is 226 g/mol. The maximum Gasteiger partial charge on any atom is 0.129 e. The molecule has 1 rings (SSSR count). The maximum atomic E-state index is 13.4. The summed E-state index contributed by atoms with van der Waals surface area (Å²) in [5.74, 6) is 4.26. The van der Waals surface area contributed by atoms with Crippen LogP contribution in [0.3, 0.4) is 0 Å². The van der Waals surface area contributed by atoms with Crippen molar-refractivity contribution in [2.24, 2.45) is 5.84 Å². The molecule has 17 heavy (non-hydrogen) atoms. The highest BCUT2D eigenvalue weighted by Gasteiger charge is 2.18. The first kappa shape index (κ1) is 14.0. The van der Waals surface area contributed by atoms with Gasteiger partial charge in [-0.25, -0.2) is 8.78 Å². The van der Waals surface area contributed by atoms with Gasteiger partial charge in [0.25, 0.3) is 0 Å². The Bertz CT molecular complexity index is 360. The van der Waals surface area contributed by atoms with Gasteiger partial charge in [-0.3, -0.25) is 11.3 Å². The summed E-state index contributed by atoms with van der Waals surface area (Å²) in [6, 6.07) is 3.31. The average molecular weight is 244 g/mol. The van der Waals surface area contributed by atoms with Crippen molar-refractivity contribution in [3.05, 3.63) is 35.4 Å². The number of nitrogens with one attached hydrogen (secondary N) is 1. The lowest BCUT2D eigenvalue weighted by atomic mass is 10.0. The van der Waals surface area contributed by atoms with Gasteiger partial charge in [0.1, 0.15) is 11.6 Å². The first-order chi connectivity index (χ1) is 8.08. The quantitative estimate of drug-likeness (QED) is 0.592. The summed E-state index contributed by atoms with van der Waals surface area (Å²) in [5, 5.41) is 0. The molecule has 0 radical (unpaired) electrons. The van der Waals surface area contributed by atoms with E-state index >= 15 is 0 Å². The molecule has 0 fully saturated rings. The van der Waals surface area contributed by atoms with Crippen LogP contribution in [0.25, 0.3) is 0 Å². The van der Waals surface area contributed by atoms with Crippen molar-refractivity contribution in [3.63, 3.8) is 0 Å². The number of hydrazine groups is 1. The zero-order valence-electron chi connectivity index (χ0n) is 10.0. The van der Waals surface area contributed by atoms with Crippen LogP contribution in [-0.2, 0) is 11.2 Å². The Morgan fingerprint density at radius 3 is 2.65 bits per heavy atom. The summed E-state index contributed by atoms with van der Waals surface area (Å²) in [6.07, 6.45) is 0.207. The van der Waals surface area contributed by atoms with E-state index in [4.69, 9.17) is 10.6 Å². The zero-order chi connectivity index (χ0) is 12.8. The Hall–Kier alpha value is -1.04. The summed E-state index contributed by atoms with van der Waals surface area (Å²) in [5.41, 5.74) is 3.01. The third kappa shape index (κ3) is 4.03. The van der Waals surface area contributed by atoms with Crippen molar-refractivity contribution < 1.29 is 13.5 Å². The topological polar surface area (TPSA) is 47.3 Å². The smallest absolute Gasteiger partial charge is 0.129 e. The highest BCUT2D eigenvalue weighted by molar-refractivity contribution is 5.19. The number of hydrogen-bond donors (Lipinski definition) is 2. The fourth-order valence-corrected chi connectivity index (χ4v) is 1.66. The van der Waals surface area contributed by atoms with Gasteiger partial charge in [-0.15, -0.1) is 0 Å². The molecule has 2 atom stereocenters. The first-order valence-electron chi connectivity index (χ1n) is 5.60. The number of rotatable bonds is 6. The minimum Gasteiger partial charge on any atom is -0.377 e. The number of halogens is 2. The molecule has 0 aromatic heterocycles. The molecule has 5 heteroatoms. The standard InChI is InChI=1S/C12H18F2N2O/c1-3-17-8(2)12(16-15)6-9-4-5-10(13)7-11(9)14/h4-5,7-8,12,16H,3,6,15H2,1-2H3. The summed E-state index contributed by atoms with van der Waals surface area (Å²) in [6.45, 7) is 4.29. The third-order valence-electron chi connectivity index (χ3n) is 2.67. The number of nitrogens with two attached hydrogens (primary N) is 1. The average Bonchev–Trinajstić information content (AvgIpc) is 2.28. The van der Waals surface area contributed by atoms with E-state index in [0.29, 0.717) is 18.6 Å². The number of benzene rings is 1.